The van der Waals surface area contributed by atoms with Gasteiger partial charge in [0.25, 0.3) is 0 Å². The standard InChI is InChI=1S/C12H17N3O/c1-3-7-14-12(16)10(2)15-8-5-4-6-11(15)9-13/h1,10-11H,4-8H2,2H3,(H,14,16). The van der Waals surface area contributed by atoms with E-state index in [4.69, 9.17) is 11.7 Å². The van der Waals surface area contributed by atoms with Gasteiger partial charge in [-0.15, -0.1) is 6.42 Å². The number of amides is 1. The molecule has 4 nitrogen and oxygen atoms in total. The van der Waals surface area contributed by atoms with E-state index in [0.717, 1.165) is 25.8 Å². The first-order valence-corrected chi connectivity index (χ1v) is 5.57. The second-order valence-electron chi connectivity index (χ2n) is 3.98. The lowest BCUT2D eigenvalue weighted by atomic mass is 10.0. The number of likely N-dealkylation sites (tertiary alicyclic amines) is 1. The predicted molar refractivity (Wildman–Crippen MR) is 61.3 cm³/mol. The van der Waals surface area contributed by atoms with Gasteiger partial charge in [-0.25, -0.2) is 0 Å². The van der Waals surface area contributed by atoms with Crippen molar-refractivity contribution < 1.29 is 4.79 Å². The molecule has 4 heteroatoms. The van der Waals surface area contributed by atoms with Crippen LogP contribution in [0.25, 0.3) is 0 Å². The van der Waals surface area contributed by atoms with E-state index in [9.17, 15) is 4.79 Å². The fourth-order valence-electron chi connectivity index (χ4n) is 1.99. The molecule has 0 aliphatic carbocycles. The quantitative estimate of drug-likeness (QED) is 0.703. The molecule has 0 spiro atoms. The third-order valence-corrected chi connectivity index (χ3v) is 2.93. The molecular weight excluding hydrogens is 202 g/mol. The Morgan fingerprint density at radius 3 is 3.06 bits per heavy atom. The highest BCUT2D eigenvalue weighted by atomic mass is 16.2. The summed E-state index contributed by atoms with van der Waals surface area (Å²) in [5, 5.41) is 11.7. The summed E-state index contributed by atoms with van der Waals surface area (Å²) in [7, 11) is 0. The number of nitrogens with zero attached hydrogens (tertiary/aromatic N) is 2. The topological polar surface area (TPSA) is 56.1 Å². The molecule has 0 saturated carbocycles. The largest absolute Gasteiger partial charge is 0.344 e. The number of piperidine rings is 1. The first kappa shape index (κ1) is 12.5. The van der Waals surface area contributed by atoms with Gasteiger partial charge in [-0.05, 0) is 26.2 Å². The van der Waals surface area contributed by atoms with E-state index in [-0.39, 0.29) is 24.5 Å². The van der Waals surface area contributed by atoms with Crippen LogP contribution in [-0.4, -0.2) is 36.0 Å². The van der Waals surface area contributed by atoms with Crippen LogP contribution in [-0.2, 0) is 4.79 Å². The molecular formula is C12H17N3O. The van der Waals surface area contributed by atoms with Crippen molar-refractivity contribution in [3.63, 3.8) is 0 Å². The first-order chi connectivity index (χ1) is 7.70. The normalized spacial score (nSPS) is 22.8. The monoisotopic (exact) mass is 219 g/mol. The summed E-state index contributed by atoms with van der Waals surface area (Å²) in [6.07, 6.45) is 8.04. The van der Waals surface area contributed by atoms with Crippen molar-refractivity contribution in [2.75, 3.05) is 13.1 Å². The molecule has 1 amide bonds. The molecule has 0 aromatic carbocycles. The molecule has 0 aromatic rings. The minimum atomic E-state index is -0.279. The van der Waals surface area contributed by atoms with E-state index in [1.165, 1.54) is 0 Å². The van der Waals surface area contributed by atoms with E-state index in [0.29, 0.717) is 0 Å². The number of carbonyl (C=O) groups is 1. The molecule has 2 atom stereocenters. The number of hydrogen-bond acceptors (Lipinski definition) is 3. The smallest absolute Gasteiger partial charge is 0.237 e. The number of terminal acetylenes is 1. The second-order valence-corrected chi connectivity index (χ2v) is 3.98. The van der Waals surface area contributed by atoms with Gasteiger partial charge in [-0.1, -0.05) is 5.92 Å². The highest BCUT2D eigenvalue weighted by Gasteiger charge is 2.29. The minimum absolute atomic E-state index is 0.0971. The fraction of sp³-hybridized carbons (Fsp3) is 0.667. The van der Waals surface area contributed by atoms with Gasteiger partial charge in [0.15, 0.2) is 0 Å². The van der Waals surface area contributed by atoms with E-state index in [2.05, 4.69) is 17.3 Å². The lowest BCUT2D eigenvalue weighted by Gasteiger charge is -2.35. The molecule has 1 rings (SSSR count). The Balaban J connectivity index is 2.57. The average Bonchev–Trinajstić information content (AvgIpc) is 2.34. The average molecular weight is 219 g/mol. The molecule has 1 heterocycles. The van der Waals surface area contributed by atoms with Crippen LogP contribution >= 0.6 is 0 Å². The Morgan fingerprint density at radius 1 is 1.69 bits per heavy atom. The predicted octanol–water partition coefficient (Wildman–Crippen LogP) is 0.502. The van der Waals surface area contributed by atoms with E-state index in [1.807, 2.05) is 11.8 Å². The Kier molecular flexibility index (Phi) is 4.82. The van der Waals surface area contributed by atoms with E-state index < -0.39 is 0 Å². The van der Waals surface area contributed by atoms with Gasteiger partial charge in [-0.3, -0.25) is 9.69 Å². The van der Waals surface area contributed by atoms with Gasteiger partial charge in [0.05, 0.1) is 24.7 Å². The van der Waals surface area contributed by atoms with Crippen molar-refractivity contribution in [2.24, 2.45) is 0 Å². The Morgan fingerprint density at radius 2 is 2.44 bits per heavy atom. The van der Waals surface area contributed by atoms with E-state index in [1.54, 1.807) is 0 Å². The SMILES string of the molecule is C#CCNC(=O)C(C)N1CCCCC1C#N. The van der Waals surface area contributed by atoms with Gasteiger partial charge < -0.3 is 5.32 Å². The molecule has 1 fully saturated rings. The van der Waals surface area contributed by atoms with Crippen molar-refractivity contribution in [1.29, 1.82) is 5.26 Å². The summed E-state index contributed by atoms with van der Waals surface area (Å²) in [6, 6.07) is 1.83. The van der Waals surface area contributed by atoms with Crippen LogP contribution in [0.5, 0.6) is 0 Å². The fourth-order valence-corrected chi connectivity index (χ4v) is 1.99. The van der Waals surface area contributed by atoms with Crippen LogP contribution in [0.15, 0.2) is 0 Å². The molecule has 0 aromatic heterocycles. The van der Waals surface area contributed by atoms with Crippen molar-refractivity contribution in [2.45, 2.75) is 38.3 Å². The van der Waals surface area contributed by atoms with Gasteiger partial charge in [0.1, 0.15) is 0 Å². The molecule has 86 valence electrons. The van der Waals surface area contributed by atoms with Gasteiger partial charge in [-0.2, -0.15) is 5.26 Å². The van der Waals surface area contributed by atoms with Crippen LogP contribution < -0.4 is 5.32 Å². The first-order valence-electron chi connectivity index (χ1n) is 5.57. The van der Waals surface area contributed by atoms with Crippen molar-refractivity contribution in [3.8, 4) is 18.4 Å². The summed E-state index contributed by atoms with van der Waals surface area (Å²) in [5.41, 5.74) is 0. The molecule has 2 unspecified atom stereocenters. The summed E-state index contributed by atoms with van der Waals surface area (Å²) < 4.78 is 0. The van der Waals surface area contributed by atoms with Crippen LogP contribution in [0.4, 0.5) is 0 Å². The highest BCUT2D eigenvalue weighted by molar-refractivity contribution is 5.81. The van der Waals surface area contributed by atoms with Gasteiger partial charge in [0.2, 0.25) is 5.91 Å². The Bertz CT molecular complexity index is 326. The zero-order valence-electron chi connectivity index (χ0n) is 9.57. The van der Waals surface area contributed by atoms with Crippen LogP contribution in [0.1, 0.15) is 26.2 Å². The van der Waals surface area contributed by atoms with Crippen LogP contribution in [0.3, 0.4) is 0 Å². The number of carbonyl (C=O) groups excluding carboxylic acids is 1. The zero-order chi connectivity index (χ0) is 12.0. The Labute approximate surface area is 96.6 Å². The van der Waals surface area contributed by atoms with Crippen molar-refractivity contribution in [3.05, 3.63) is 0 Å². The minimum Gasteiger partial charge on any atom is -0.344 e. The highest BCUT2D eigenvalue weighted by Crippen LogP contribution is 2.18. The molecule has 0 bridgehead atoms. The maximum atomic E-state index is 11.7. The zero-order valence-corrected chi connectivity index (χ0v) is 9.57. The number of rotatable bonds is 3. The van der Waals surface area contributed by atoms with E-state index >= 15 is 0 Å². The lowest BCUT2D eigenvalue weighted by molar-refractivity contribution is -0.126. The van der Waals surface area contributed by atoms with Crippen LogP contribution in [0, 0.1) is 23.7 Å². The van der Waals surface area contributed by atoms with Crippen molar-refractivity contribution in [1.82, 2.24) is 10.2 Å². The number of nitrogens with one attached hydrogen (secondary N) is 1. The molecule has 1 saturated heterocycles. The molecule has 1 aliphatic rings. The third-order valence-electron chi connectivity index (χ3n) is 2.93. The maximum Gasteiger partial charge on any atom is 0.237 e. The molecule has 1 aliphatic heterocycles. The van der Waals surface area contributed by atoms with Crippen LogP contribution in [0.2, 0.25) is 0 Å². The maximum absolute atomic E-state index is 11.7. The molecule has 1 N–H and O–H groups in total. The van der Waals surface area contributed by atoms with Gasteiger partial charge >= 0.3 is 0 Å². The summed E-state index contributed by atoms with van der Waals surface area (Å²) >= 11 is 0. The molecule has 0 radical (unpaired) electrons. The molecule has 16 heavy (non-hydrogen) atoms. The summed E-state index contributed by atoms with van der Waals surface area (Å²) in [6.45, 7) is 2.87. The third kappa shape index (κ3) is 2.98. The summed E-state index contributed by atoms with van der Waals surface area (Å²) in [4.78, 5) is 13.7. The Hall–Kier alpha value is -1.52. The second kappa shape index (κ2) is 6.15. The van der Waals surface area contributed by atoms with Gasteiger partial charge in [0, 0.05) is 6.54 Å². The lowest BCUT2D eigenvalue weighted by Crippen LogP contribution is -2.51. The van der Waals surface area contributed by atoms with Crippen molar-refractivity contribution >= 4 is 5.91 Å². The number of nitriles is 1. The summed E-state index contributed by atoms with van der Waals surface area (Å²) in [5.74, 6) is 2.27. The number of hydrogen-bond donors (Lipinski definition) is 1.